The lowest BCUT2D eigenvalue weighted by Crippen LogP contribution is -2.25. The summed E-state index contributed by atoms with van der Waals surface area (Å²) in [6.07, 6.45) is -0.980. The number of sulfone groups is 1. The molecule has 0 bridgehead atoms. The molecule has 1 aromatic heterocycles. The maximum absolute atomic E-state index is 13.3. The van der Waals surface area contributed by atoms with Crippen LogP contribution < -0.4 is 5.56 Å². The zero-order valence-corrected chi connectivity index (χ0v) is 17.1. The monoisotopic (exact) mass is 416 g/mol. The van der Waals surface area contributed by atoms with Gasteiger partial charge in [-0.1, -0.05) is 30.0 Å². The number of thioether (sulfide) groups is 1. The number of aliphatic hydroxyl groups excluding tert-OH is 1. The minimum absolute atomic E-state index is 0.130. The SMILES string of the molecule is Cc1ccc(-n2c(S[C@H]3CS(=O)(=O)C[C@@H]3O)nc3ccccc3c2=O)cc1C. The van der Waals surface area contributed by atoms with Crippen molar-refractivity contribution in [1.29, 1.82) is 0 Å². The van der Waals surface area contributed by atoms with Gasteiger partial charge in [0.15, 0.2) is 15.0 Å². The minimum atomic E-state index is -3.29. The molecule has 0 amide bonds. The van der Waals surface area contributed by atoms with Crippen molar-refractivity contribution < 1.29 is 13.5 Å². The van der Waals surface area contributed by atoms with Crippen LogP contribution in [0.2, 0.25) is 0 Å². The van der Waals surface area contributed by atoms with Crippen molar-refractivity contribution in [3.05, 3.63) is 63.9 Å². The Balaban J connectivity index is 1.91. The summed E-state index contributed by atoms with van der Waals surface area (Å²) in [6.45, 7) is 3.97. The van der Waals surface area contributed by atoms with Crippen LogP contribution in [0.4, 0.5) is 0 Å². The molecule has 8 heteroatoms. The van der Waals surface area contributed by atoms with Gasteiger partial charge in [-0.2, -0.15) is 0 Å². The van der Waals surface area contributed by atoms with Gasteiger partial charge in [-0.3, -0.25) is 9.36 Å². The van der Waals surface area contributed by atoms with Gasteiger partial charge in [0.2, 0.25) is 0 Å². The quantitative estimate of drug-likeness (QED) is 0.659. The second-order valence-electron chi connectivity index (χ2n) is 7.12. The number of aryl methyl sites for hydroxylation is 2. The van der Waals surface area contributed by atoms with Gasteiger partial charge in [-0.25, -0.2) is 13.4 Å². The number of fused-ring (bicyclic) bond motifs is 1. The van der Waals surface area contributed by atoms with E-state index in [1.807, 2.05) is 32.0 Å². The van der Waals surface area contributed by atoms with Crippen LogP contribution in [-0.4, -0.2) is 45.9 Å². The molecule has 146 valence electrons. The molecule has 1 saturated heterocycles. The summed E-state index contributed by atoms with van der Waals surface area (Å²) in [5.41, 5.74) is 3.15. The Morgan fingerprint density at radius 1 is 1.11 bits per heavy atom. The van der Waals surface area contributed by atoms with Crippen LogP contribution in [0.3, 0.4) is 0 Å². The molecule has 0 unspecified atom stereocenters. The molecule has 0 aliphatic carbocycles. The fraction of sp³-hybridized carbons (Fsp3) is 0.300. The topological polar surface area (TPSA) is 89.3 Å². The van der Waals surface area contributed by atoms with Gasteiger partial charge < -0.3 is 5.11 Å². The van der Waals surface area contributed by atoms with Gasteiger partial charge >= 0.3 is 0 Å². The molecule has 1 aliphatic heterocycles. The third-order valence-electron chi connectivity index (χ3n) is 5.02. The summed E-state index contributed by atoms with van der Waals surface area (Å²) in [4.78, 5) is 17.9. The highest BCUT2D eigenvalue weighted by Crippen LogP contribution is 2.32. The largest absolute Gasteiger partial charge is 0.391 e. The van der Waals surface area contributed by atoms with E-state index < -0.39 is 21.2 Å². The second kappa shape index (κ2) is 7.02. The Kier molecular flexibility index (Phi) is 4.81. The lowest BCUT2D eigenvalue weighted by atomic mass is 10.1. The van der Waals surface area contributed by atoms with Crippen LogP contribution in [0.5, 0.6) is 0 Å². The number of benzene rings is 2. The van der Waals surface area contributed by atoms with Gasteiger partial charge in [0.05, 0.1) is 39.4 Å². The molecule has 2 heterocycles. The van der Waals surface area contributed by atoms with Gasteiger partial charge in [-0.15, -0.1) is 0 Å². The van der Waals surface area contributed by atoms with Crippen LogP contribution >= 0.6 is 11.8 Å². The molecule has 0 spiro atoms. The third kappa shape index (κ3) is 3.47. The highest BCUT2D eigenvalue weighted by atomic mass is 32.2. The van der Waals surface area contributed by atoms with Crippen molar-refractivity contribution in [2.24, 2.45) is 0 Å². The average molecular weight is 417 g/mol. The average Bonchev–Trinajstić information content (AvgIpc) is 2.89. The Bertz CT molecular complexity index is 1230. The lowest BCUT2D eigenvalue weighted by molar-refractivity contribution is 0.207. The highest BCUT2D eigenvalue weighted by Gasteiger charge is 2.38. The predicted octanol–water partition coefficient (Wildman–Crippen LogP) is 2.25. The number of rotatable bonds is 3. The van der Waals surface area contributed by atoms with E-state index in [4.69, 9.17) is 0 Å². The Hall–Kier alpha value is -2.16. The first kappa shape index (κ1) is 19.2. The van der Waals surface area contributed by atoms with Crippen LogP contribution in [0.15, 0.2) is 52.4 Å². The van der Waals surface area contributed by atoms with E-state index in [1.165, 1.54) is 4.57 Å². The van der Waals surface area contributed by atoms with E-state index in [0.717, 1.165) is 22.9 Å². The summed E-state index contributed by atoms with van der Waals surface area (Å²) in [7, 11) is -3.29. The molecule has 3 aromatic rings. The van der Waals surface area contributed by atoms with Crippen molar-refractivity contribution >= 4 is 32.5 Å². The zero-order chi connectivity index (χ0) is 20.1. The van der Waals surface area contributed by atoms with Crippen LogP contribution in [0, 0.1) is 13.8 Å². The number of hydrogen-bond acceptors (Lipinski definition) is 6. The smallest absolute Gasteiger partial charge is 0.266 e. The molecule has 1 N–H and O–H groups in total. The highest BCUT2D eigenvalue weighted by molar-refractivity contribution is 8.01. The van der Waals surface area contributed by atoms with Crippen molar-refractivity contribution in [2.75, 3.05) is 11.5 Å². The number of para-hydroxylation sites is 1. The van der Waals surface area contributed by atoms with Gasteiger partial charge in [-0.05, 0) is 49.2 Å². The van der Waals surface area contributed by atoms with Gasteiger partial charge in [0, 0.05) is 0 Å². The summed E-state index contributed by atoms with van der Waals surface area (Å²) >= 11 is 1.14. The number of nitrogens with zero attached hydrogens (tertiary/aromatic N) is 2. The standard InChI is InChI=1S/C20H20N2O4S2/c1-12-7-8-14(9-13(12)2)22-19(24)15-5-3-4-6-16(15)21-20(22)27-18-11-28(25,26)10-17(18)23/h3-9,17-18,23H,10-11H2,1-2H3/t17-,18-/m0/s1. The minimum Gasteiger partial charge on any atom is -0.391 e. The van der Waals surface area contributed by atoms with Gasteiger partial charge in [0.25, 0.3) is 5.56 Å². The molecular weight excluding hydrogens is 396 g/mol. The second-order valence-corrected chi connectivity index (χ2v) is 10.5. The molecule has 1 fully saturated rings. The summed E-state index contributed by atoms with van der Waals surface area (Å²) in [6, 6.07) is 12.8. The molecule has 2 aromatic carbocycles. The van der Waals surface area contributed by atoms with E-state index in [1.54, 1.807) is 24.3 Å². The van der Waals surface area contributed by atoms with E-state index in [0.29, 0.717) is 21.7 Å². The number of aliphatic hydroxyl groups is 1. The van der Waals surface area contributed by atoms with Gasteiger partial charge in [0.1, 0.15) is 0 Å². The molecule has 28 heavy (non-hydrogen) atoms. The molecule has 4 rings (SSSR count). The summed E-state index contributed by atoms with van der Waals surface area (Å²) < 4.78 is 25.3. The first-order chi connectivity index (χ1) is 13.2. The van der Waals surface area contributed by atoms with E-state index >= 15 is 0 Å². The van der Waals surface area contributed by atoms with Crippen molar-refractivity contribution in [1.82, 2.24) is 9.55 Å². The van der Waals surface area contributed by atoms with E-state index in [2.05, 4.69) is 4.98 Å². The first-order valence-corrected chi connectivity index (χ1v) is 11.6. The van der Waals surface area contributed by atoms with E-state index in [9.17, 15) is 18.3 Å². The predicted molar refractivity (Wildman–Crippen MR) is 111 cm³/mol. The summed E-state index contributed by atoms with van der Waals surface area (Å²) in [5, 5.41) is 10.5. The Morgan fingerprint density at radius 3 is 2.54 bits per heavy atom. The molecule has 1 aliphatic rings. The third-order valence-corrected chi connectivity index (χ3v) is 8.22. The molecule has 0 radical (unpaired) electrons. The zero-order valence-electron chi connectivity index (χ0n) is 15.5. The van der Waals surface area contributed by atoms with Crippen molar-refractivity contribution in [2.45, 2.75) is 30.4 Å². The Labute approximate surface area is 167 Å². The van der Waals surface area contributed by atoms with Crippen LogP contribution in [0.25, 0.3) is 16.6 Å². The fourth-order valence-electron chi connectivity index (χ4n) is 3.33. The molecular formula is C20H20N2O4S2. The first-order valence-electron chi connectivity index (χ1n) is 8.90. The summed E-state index contributed by atoms with van der Waals surface area (Å²) in [5.74, 6) is -0.388. The normalized spacial score (nSPS) is 21.2. The van der Waals surface area contributed by atoms with Crippen molar-refractivity contribution in [3.63, 3.8) is 0 Å². The van der Waals surface area contributed by atoms with Crippen molar-refractivity contribution in [3.8, 4) is 5.69 Å². The molecule has 6 nitrogen and oxygen atoms in total. The fourth-order valence-corrected chi connectivity index (χ4v) is 6.92. The van der Waals surface area contributed by atoms with Crippen LogP contribution in [0.1, 0.15) is 11.1 Å². The lowest BCUT2D eigenvalue weighted by Gasteiger charge is -2.17. The van der Waals surface area contributed by atoms with Crippen LogP contribution in [-0.2, 0) is 9.84 Å². The molecule has 0 saturated carbocycles. The maximum Gasteiger partial charge on any atom is 0.266 e. The Morgan fingerprint density at radius 2 is 1.86 bits per heavy atom. The van der Waals surface area contributed by atoms with E-state index in [-0.39, 0.29) is 17.1 Å². The molecule has 2 atom stereocenters. The number of aromatic nitrogens is 2. The number of hydrogen-bond donors (Lipinski definition) is 1. The maximum atomic E-state index is 13.3.